The van der Waals surface area contributed by atoms with Crippen molar-refractivity contribution in [3.8, 4) is 5.75 Å². The molecule has 0 bridgehead atoms. The van der Waals surface area contributed by atoms with E-state index in [1.54, 1.807) is 7.11 Å². The molecule has 0 spiro atoms. The Morgan fingerprint density at radius 3 is 2.06 bits per heavy atom. The molecule has 1 amide bonds. The summed E-state index contributed by atoms with van der Waals surface area (Å²) < 4.78 is 5.31. The first-order valence-corrected chi connectivity index (χ1v) is 11.7. The first-order valence-electron chi connectivity index (χ1n) is 11.7. The summed E-state index contributed by atoms with van der Waals surface area (Å²) in [6.07, 6.45) is 0.408. The Hall–Kier alpha value is -2.91. The van der Waals surface area contributed by atoms with Crippen molar-refractivity contribution in [1.29, 1.82) is 0 Å². The molecule has 1 aromatic carbocycles. The van der Waals surface area contributed by atoms with Crippen LogP contribution in [0.2, 0.25) is 0 Å². The van der Waals surface area contributed by atoms with Gasteiger partial charge in [-0.25, -0.2) is 0 Å². The fourth-order valence-electron chi connectivity index (χ4n) is 4.52. The second-order valence-electron chi connectivity index (χ2n) is 8.65. The molecule has 1 N–H and O–H groups in total. The second-order valence-corrected chi connectivity index (χ2v) is 8.65. The Balaban J connectivity index is 1.26. The minimum atomic E-state index is 0.154. The van der Waals surface area contributed by atoms with Crippen LogP contribution in [-0.2, 0) is 11.2 Å². The van der Waals surface area contributed by atoms with Gasteiger partial charge in [-0.15, -0.1) is 10.2 Å². The molecule has 2 fully saturated rings. The summed E-state index contributed by atoms with van der Waals surface area (Å²) in [6, 6.07) is 9.97. The van der Waals surface area contributed by atoms with Crippen molar-refractivity contribution in [3.63, 3.8) is 0 Å². The van der Waals surface area contributed by atoms with E-state index in [2.05, 4.69) is 24.9 Å². The van der Waals surface area contributed by atoms with Gasteiger partial charge in [-0.2, -0.15) is 0 Å². The smallest absolute Gasteiger partial charge is 0.227 e. The standard InChI is InChI=1S/C24H34N6O3/c1-19-17-20(3-4-21(19)33-2)18-24(32)30-13-11-29(12-14-30)23-6-5-22(25-26-23)28-9-7-27(8-10-28)15-16-31/h3-6,17,31H,7-16,18H2,1-2H3. The van der Waals surface area contributed by atoms with Crippen molar-refractivity contribution >= 4 is 17.5 Å². The van der Waals surface area contributed by atoms with Gasteiger partial charge in [0.05, 0.1) is 20.1 Å². The van der Waals surface area contributed by atoms with E-state index in [4.69, 9.17) is 9.84 Å². The number of amides is 1. The zero-order valence-corrected chi connectivity index (χ0v) is 19.6. The minimum absolute atomic E-state index is 0.154. The lowest BCUT2D eigenvalue weighted by Gasteiger charge is -2.36. The number of anilines is 2. The van der Waals surface area contributed by atoms with Gasteiger partial charge in [0.1, 0.15) is 5.75 Å². The number of hydrogen-bond donors (Lipinski definition) is 1. The lowest BCUT2D eigenvalue weighted by Crippen LogP contribution is -2.49. The largest absolute Gasteiger partial charge is 0.496 e. The Kier molecular flexibility index (Phi) is 7.61. The second kappa shape index (κ2) is 10.8. The van der Waals surface area contributed by atoms with E-state index in [-0.39, 0.29) is 12.5 Å². The Bertz CT molecular complexity index is 922. The van der Waals surface area contributed by atoms with Gasteiger partial charge in [-0.3, -0.25) is 9.69 Å². The maximum absolute atomic E-state index is 12.8. The third-order valence-corrected chi connectivity index (χ3v) is 6.52. The highest BCUT2D eigenvalue weighted by Crippen LogP contribution is 2.20. The number of methoxy groups -OCH3 is 1. The molecule has 0 aliphatic carbocycles. The van der Waals surface area contributed by atoms with E-state index in [1.165, 1.54) is 0 Å². The first-order chi connectivity index (χ1) is 16.1. The third kappa shape index (κ3) is 5.72. The molecule has 1 aromatic heterocycles. The summed E-state index contributed by atoms with van der Waals surface area (Å²) in [5.74, 6) is 2.75. The third-order valence-electron chi connectivity index (χ3n) is 6.52. The predicted octanol–water partition coefficient (Wildman–Crippen LogP) is 0.799. The number of piperazine rings is 2. The molecular formula is C24H34N6O3. The molecule has 4 rings (SSSR count). The topological polar surface area (TPSA) is 85.3 Å². The number of hydrogen-bond acceptors (Lipinski definition) is 8. The van der Waals surface area contributed by atoms with Gasteiger partial charge in [-0.1, -0.05) is 12.1 Å². The number of carbonyl (C=O) groups excluding carboxylic acids is 1. The quantitative estimate of drug-likeness (QED) is 0.658. The summed E-state index contributed by atoms with van der Waals surface area (Å²) >= 11 is 0. The van der Waals surface area contributed by atoms with Gasteiger partial charge in [0.25, 0.3) is 0 Å². The van der Waals surface area contributed by atoms with Crippen LogP contribution >= 0.6 is 0 Å². The minimum Gasteiger partial charge on any atom is -0.496 e. The van der Waals surface area contributed by atoms with Gasteiger partial charge < -0.3 is 24.5 Å². The van der Waals surface area contributed by atoms with E-state index < -0.39 is 0 Å². The molecule has 0 atom stereocenters. The molecule has 9 heteroatoms. The normalized spacial score (nSPS) is 17.4. The molecule has 9 nitrogen and oxygen atoms in total. The molecule has 0 unspecified atom stereocenters. The fraction of sp³-hybridized carbons (Fsp3) is 0.542. The van der Waals surface area contributed by atoms with Gasteiger partial charge in [0.15, 0.2) is 11.6 Å². The Labute approximate surface area is 195 Å². The lowest BCUT2D eigenvalue weighted by molar-refractivity contribution is -0.130. The number of β-amino-alcohol motifs (C(OH)–C–C–N with tert-alkyl or cyclic N) is 1. The number of aliphatic hydroxyl groups excluding tert-OH is 1. The molecule has 2 saturated heterocycles. The average molecular weight is 455 g/mol. The van der Waals surface area contributed by atoms with Crippen molar-refractivity contribution < 1.29 is 14.6 Å². The van der Waals surface area contributed by atoms with Gasteiger partial charge in [0, 0.05) is 58.9 Å². The van der Waals surface area contributed by atoms with Crippen LogP contribution in [0.1, 0.15) is 11.1 Å². The fourth-order valence-corrected chi connectivity index (χ4v) is 4.52. The Morgan fingerprint density at radius 1 is 0.939 bits per heavy atom. The van der Waals surface area contributed by atoms with Crippen LogP contribution in [-0.4, -0.2) is 104 Å². The summed E-state index contributed by atoms with van der Waals surface area (Å²) in [7, 11) is 1.66. The number of aromatic nitrogens is 2. The number of rotatable bonds is 7. The summed E-state index contributed by atoms with van der Waals surface area (Å²) in [6.45, 7) is 9.43. The maximum Gasteiger partial charge on any atom is 0.227 e. The molecule has 33 heavy (non-hydrogen) atoms. The summed E-state index contributed by atoms with van der Waals surface area (Å²) in [5, 5.41) is 18.0. The van der Waals surface area contributed by atoms with Crippen LogP contribution in [0.5, 0.6) is 5.75 Å². The van der Waals surface area contributed by atoms with Crippen molar-refractivity contribution in [2.45, 2.75) is 13.3 Å². The number of ether oxygens (including phenoxy) is 1. The van der Waals surface area contributed by atoms with Crippen molar-refractivity contribution in [2.24, 2.45) is 0 Å². The van der Waals surface area contributed by atoms with E-state index in [0.717, 1.165) is 74.3 Å². The van der Waals surface area contributed by atoms with E-state index in [0.29, 0.717) is 19.5 Å². The van der Waals surface area contributed by atoms with Crippen LogP contribution in [0, 0.1) is 6.92 Å². The van der Waals surface area contributed by atoms with Gasteiger partial charge in [-0.05, 0) is 36.2 Å². The van der Waals surface area contributed by atoms with Crippen LogP contribution in [0.4, 0.5) is 11.6 Å². The van der Waals surface area contributed by atoms with Crippen LogP contribution in [0.15, 0.2) is 30.3 Å². The first kappa shape index (κ1) is 23.3. The highest BCUT2D eigenvalue weighted by molar-refractivity contribution is 5.79. The monoisotopic (exact) mass is 454 g/mol. The van der Waals surface area contributed by atoms with Gasteiger partial charge >= 0.3 is 0 Å². The molecule has 178 valence electrons. The molecule has 2 aliphatic heterocycles. The van der Waals surface area contributed by atoms with Crippen molar-refractivity contribution in [3.05, 3.63) is 41.5 Å². The average Bonchev–Trinajstić information content (AvgIpc) is 2.85. The Morgan fingerprint density at radius 2 is 1.55 bits per heavy atom. The van der Waals surface area contributed by atoms with Crippen LogP contribution in [0.25, 0.3) is 0 Å². The van der Waals surface area contributed by atoms with Crippen molar-refractivity contribution in [1.82, 2.24) is 20.0 Å². The SMILES string of the molecule is COc1ccc(CC(=O)N2CCN(c3ccc(N4CCN(CCO)CC4)nn3)CC2)cc1C. The predicted molar refractivity (Wildman–Crippen MR) is 128 cm³/mol. The molecule has 3 heterocycles. The molecule has 0 radical (unpaired) electrons. The zero-order chi connectivity index (χ0) is 23.2. The van der Waals surface area contributed by atoms with E-state index in [9.17, 15) is 4.79 Å². The molecule has 0 saturated carbocycles. The zero-order valence-electron chi connectivity index (χ0n) is 19.6. The van der Waals surface area contributed by atoms with Gasteiger partial charge in [0.2, 0.25) is 5.91 Å². The van der Waals surface area contributed by atoms with Crippen LogP contribution in [0.3, 0.4) is 0 Å². The van der Waals surface area contributed by atoms with Crippen LogP contribution < -0.4 is 14.5 Å². The number of aryl methyl sites for hydroxylation is 1. The lowest BCUT2D eigenvalue weighted by atomic mass is 10.1. The number of nitrogens with zero attached hydrogens (tertiary/aromatic N) is 6. The van der Waals surface area contributed by atoms with Crippen molar-refractivity contribution in [2.75, 3.05) is 82.4 Å². The highest BCUT2D eigenvalue weighted by atomic mass is 16.5. The van der Waals surface area contributed by atoms with E-state index in [1.807, 2.05) is 42.2 Å². The maximum atomic E-state index is 12.8. The van der Waals surface area contributed by atoms with E-state index >= 15 is 0 Å². The molecule has 2 aromatic rings. The summed E-state index contributed by atoms with van der Waals surface area (Å²) in [4.78, 5) is 21.4. The molecule has 2 aliphatic rings. The number of benzene rings is 1. The number of carbonyl (C=O) groups is 1. The highest BCUT2D eigenvalue weighted by Gasteiger charge is 2.23. The number of aliphatic hydroxyl groups is 1. The molecular weight excluding hydrogens is 420 g/mol. The summed E-state index contributed by atoms with van der Waals surface area (Å²) in [5.41, 5.74) is 2.06.